The zero-order valence-electron chi connectivity index (χ0n) is 16.6. The molecule has 1 amide bonds. The Kier molecular flexibility index (Phi) is 6.99. The van der Waals surface area contributed by atoms with Crippen molar-refractivity contribution in [2.45, 2.75) is 25.8 Å². The minimum atomic E-state index is -0.924. The Morgan fingerprint density at radius 3 is 2.87 bits per heavy atom. The van der Waals surface area contributed by atoms with Crippen molar-refractivity contribution in [3.8, 4) is 11.4 Å². The Morgan fingerprint density at radius 1 is 1.29 bits per heavy atom. The second-order valence-electron chi connectivity index (χ2n) is 6.53. The van der Waals surface area contributed by atoms with E-state index in [0.717, 1.165) is 11.6 Å². The number of benzene rings is 1. The van der Waals surface area contributed by atoms with Gasteiger partial charge in [-0.2, -0.15) is 4.98 Å². The fourth-order valence-electron chi connectivity index (χ4n) is 2.59. The van der Waals surface area contributed by atoms with Crippen LogP contribution >= 0.6 is 0 Å². The van der Waals surface area contributed by atoms with Crippen LogP contribution < -0.4 is 5.32 Å². The van der Waals surface area contributed by atoms with E-state index in [0.29, 0.717) is 24.6 Å². The molecule has 0 spiro atoms. The molecule has 11 heteroatoms. The third kappa shape index (κ3) is 5.92. The maximum absolute atomic E-state index is 12.2. The lowest BCUT2D eigenvalue weighted by molar-refractivity contribution is -0.384. The molecule has 31 heavy (non-hydrogen) atoms. The Labute approximate surface area is 176 Å². The number of nitrogens with one attached hydrogen (secondary N) is 1. The SMILES string of the molecule is C[C@H](NC(=O)c1cccc([N+](=O)[O-])c1)C(=O)OCCCc1nc(-c2cccnc2)no1. The molecular weight excluding hydrogens is 406 g/mol. The molecule has 0 aliphatic carbocycles. The van der Waals surface area contributed by atoms with Gasteiger partial charge in [-0.25, -0.2) is 4.79 Å². The highest BCUT2D eigenvalue weighted by Gasteiger charge is 2.19. The van der Waals surface area contributed by atoms with Gasteiger partial charge in [-0.3, -0.25) is 19.9 Å². The zero-order chi connectivity index (χ0) is 22.2. The Morgan fingerprint density at radius 2 is 2.13 bits per heavy atom. The summed E-state index contributed by atoms with van der Waals surface area (Å²) in [7, 11) is 0. The molecule has 0 fully saturated rings. The van der Waals surface area contributed by atoms with E-state index in [1.54, 1.807) is 18.5 Å². The van der Waals surface area contributed by atoms with E-state index in [-0.39, 0.29) is 17.9 Å². The number of nitro benzene ring substituents is 1. The highest BCUT2D eigenvalue weighted by atomic mass is 16.6. The molecule has 0 saturated carbocycles. The normalized spacial score (nSPS) is 11.5. The fraction of sp³-hybridized carbons (Fsp3) is 0.250. The molecule has 0 unspecified atom stereocenters. The molecule has 1 aromatic carbocycles. The molecule has 0 radical (unpaired) electrons. The molecule has 3 rings (SSSR count). The van der Waals surface area contributed by atoms with Gasteiger partial charge in [-0.05, 0) is 31.5 Å². The number of hydrogen-bond donors (Lipinski definition) is 1. The summed E-state index contributed by atoms with van der Waals surface area (Å²) in [6.07, 6.45) is 4.13. The van der Waals surface area contributed by atoms with Gasteiger partial charge in [0.05, 0.1) is 11.5 Å². The number of aromatic nitrogens is 3. The van der Waals surface area contributed by atoms with E-state index in [1.165, 1.54) is 25.1 Å². The van der Waals surface area contributed by atoms with Crippen molar-refractivity contribution < 1.29 is 23.8 Å². The van der Waals surface area contributed by atoms with Crippen LogP contribution in [0.15, 0.2) is 53.3 Å². The molecule has 160 valence electrons. The van der Waals surface area contributed by atoms with Gasteiger partial charge < -0.3 is 14.6 Å². The number of ether oxygens (including phenoxy) is 1. The molecule has 2 aromatic heterocycles. The molecule has 1 atom stereocenters. The smallest absolute Gasteiger partial charge is 0.328 e. The maximum Gasteiger partial charge on any atom is 0.328 e. The van der Waals surface area contributed by atoms with Crippen molar-refractivity contribution in [3.63, 3.8) is 0 Å². The van der Waals surface area contributed by atoms with Gasteiger partial charge in [-0.15, -0.1) is 0 Å². The van der Waals surface area contributed by atoms with Crippen LogP contribution in [-0.4, -0.2) is 44.6 Å². The molecule has 2 heterocycles. The number of hydrogen-bond acceptors (Lipinski definition) is 9. The van der Waals surface area contributed by atoms with E-state index in [2.05, 4.69) is 20.4 Å². The maximum atomic E-state index is 12.2. The van der Waals surface area contributed by atoms with Crippen LogP contribution in [0.1, 0.15) is 29.6 Å². The summed E-state index contributed by atoms with van der Waals surface area (Å²) in [6, 6.07) is 7.89. The van der Waals surface area contributed by atoms with Crippen molar-refractivity contribution >= 4 is 17.6 Å². The molecule has 11 nitrogen and oxygen atoms in total. The lowest BCUT2D eigenvalue weighted by Crippen LogP contribution is -2.39. The number of amides is 1. The second-order valence-corrected chi connectivity index (χ2v) is 6.53. The van der Waals surface area contributed by atoms with Crippen molar-refractivity contribution in [3.05, 3.63) is 70.4 Å². The summed E-state index contributed by atoms with van der Waals surface area (Å²) in [5.41, 5.74) is 0.600. The number of rotatable bonds is 9. The number of nitrogens with zero attached hydrogens (tertiary/aromatic N) is 4. The Hall–Kier alpha value is -4.15. The van der Waals surface area contributed by atoms with Crippen LogP contribution in [0.5, 0.6) is 0 Å². The predicted octanol–water partition coefficient (Wildman–Crippen LogP) is 2.33. The minimum Gasteiger partial charge on any atom is -0.464 e. The van der Waals surface area contributed by atoms with Gasteiger partial charge in [0.15, 0.2) is 0 Å². The summed E-state index contributed by atoms with van der Waals surface area (Å²) in [5, 5.41) is 17.2. The molecule has 0 aliphatic heterocycles. The first-order valence-corrected chi connectivity index (χ1v) is 9.39. The number of aryl methyl sites for hydroxylation is 1. The average molecular weight is 425 g/mol. The predicted molar refractivity (Wildman–Crippen MR) is 107 cm³/mol. The second kappa shape index (κ2) is 10.1. The van der Waals surface area contributed by atoms with Crippen LogP contribution in [0.3, 0.4) is 0 Å². The summed E-state index contributed by atoms with van der Waals surface area (Å²) in [6.45, 7) is 1.57. The van der Waals surface area contributed by atoms with Crippen molar-refractivity contribution in [2.24, 2.45) is 0 Å². The number of carbonyl (C=O) groups is 2. The summed E-state index contributed by atoms with van der Waals surface area (Å²) < 4.78 is 10.3. The Balaban J connectivity index is 1.42. The van der Waals surface area contributed by atoms with E-state index in [9.17, 15) is 19.7 Å². The van der Waals surface area contributed by atoms with Gasteiger partial charge in [0.25, 0.3) is 11.6 Å². The average Bonchev–Trinajstić information content (AvgIpc) is 3.26. The van der Waals surface area contributed by atoms with Crippen LogP contribution in [0.4, 0.5) is 5.69 Å². The fourth-order valence-corrected chi connectivity index (χ4v) is 2.59. The summed E-state index contributed by atoms with van der Waals surface area (Å²) >= 11 is 0. The lowest BCUT2D eigenvalue weighted by atomic mass is 10.2. The van der Waals surface area contributed by atoms with E-state index in [4.69, 9.17) is 9.26 Å². The van der Waals surface area contributed by atoms with Crippen molar-refractivity contribution in [1.29, 1.82) is 0 Å². The first-order chi connectivity index (χ1) is 14.9. The number of esters is 1. The molecule has 0 saturated heterocycles. The monoisotopic (exact) mass is 425 g/mol. The lowest BCUT2D eigenvalue weighted by Gasteiger charge is -2.13. The molecule has 3 aromatic rings. The van der Waals surface area contributed by atoms with E-state index in [1.807, 2.05) is 6.07 Å². The summed E-state index contributed by atoms with van der Waals surface area (Å²) in [4.78, 5) is 42.7. The molecule has 0 aliphatic rings. The van der Waals surface area contributed by atoms with Gasteiger partial charge >= 0.3 is 5.97 Å². The van der Waals surface area contributed by atoms with Crippen LogP contribution in [0.2, 0.25) is 0 Å². The topological polar surface area (TPSA) is 150 Å². The van der Waals surface area contributed by atoms with Crippen molar-refractivity contribution in [1.82, 2.24) is 20.4 Å². The van der Waals surface area contributed by atoms with Crippen LogP contribution in [0, 0.1) is 10.1 Å². The molecule has 0 bridgehead atoms. The largest absolute Gasteiger partial charge is 0.464 e. The third-order valence-corrected chi connectivity index (χ3v) is 4.19. The highest BCUT2D eigenvalue weighted by Crippen LogP contribution is 2.15. The number of pyridine rings is 1. The first kappa shape index (κ1) is 21.6. The number of carbonyl (C=O) groups excluding carboxylic acids is 2. The van der Waals surface area contributed by atoms with Crippen LogP contribution in [-0.2, 0) is 16.0 Å². The quantitative estimate of drug-likeness (QED) is 0.236. The first-order valence-electron chi connectivity index (χ1n) is 9.39. The zero-order valence-corrected chi connectivity index (χ0v) is 16.6. The minimum absolute atomic E-state index is 0.0784. The van der Waals surface area contributed by atoms with Gasteiger partial charge in [-0.1, -0.05) is 11.2 Å². The van der Waals surface area contributed by atoms with Gasteiger partial charge in [0.2, 0.25) is 11.7 Å². The van der Waals surface area contributed by atoms with Gasteiger partial charge in [0.1, 0.15) is 6.04 Å². The third-order valence-electron chi connectivity index (χ3n) is 4.19. The van der Waals surface area contributed by atoms with Crippen molar-refractivity contribution in [2.75, 3.05) is 6.61 Å². The number of nitro groups is 1. The Bertz CT molecular complexity index is 1070. The van der Waals surface area contributed by atoms with Gasteiger partial charge in [0, 0.05) is 42.1 Å². The molecular formula is C20H19N5O6. The van der Waals surface area contributed by atoms with Crippen LogP contribution in [0.25, 0.3) is 11.4 Å². The standard InChI is InChI=1S/C20H19N5O6/c1-13(22-19(26)14-5-2-7-16(11-14)25(28)29)20(27)30-10-4-8-17-23-18(24-31-17)15-6-3-9-21-12-15/h2-3,5-7,9,11-13H,4,8,10H2,1H3,(H,22,26)/t13-/m0/s1. The highest BCUT2D eigenvalue weighted by molar-refractivity contribution is 5.97. The summed E-state index contributed by atoms with van der Waals surface area (Å²) in [5.74, 6) is -0.401. The number of non-ortho nitro benzene ring substituents is 1. The van der Waals surface area contributed by atoms with E-state index >= 15 is 0 Å². The molecule has 1 N–H and O–H groups in total. The van der Waals surface area contributed by atoms with E-state index < -0.39 is 22.8 Å².